The average molecular weight is 391 g/mol. The van der Waals surface area contributed by atoms with Crippen molar-refractivity contribution in [2.75, 3.05) is 49.6 Å². The number of aryl methyl sites for hydroxylation is 1. The minimum absolute atomic E-state index is 0.0964. The van der Waals surface area contributed by atoms with E-state index >= 15 is 0 Å². The van der Waals surface area contributed by atoms with Crippen LogP contribution in [0.4, 0.5) is 11.4 Å². The summed E-state index contributed by atoms with van der Waals surface area (Å²) in [7, 11) is 1.69. The molecule has 0 bridgehead atoms. The molecule has 6 heteroatoms. The highest BCUT2D eigenvalue weighted by atomic mass is 16.5. The van der Waals surface area contributed by atoms with Crippen LogP contribution in [-0.4, -0.2) is 56.5 Å². The molecule has 0 atom stereocenters. The van der Waals surface area contributed by atoms with Crippen LogP contribution in [0.3, 0.4) is 0 Å². The molecule has 0 aromatic heterocycles. The molecule has 1 saturated heterocycles. The number of hydrogen-bond acceptors (Lipinski definition) is 4. The van der Waals surface area contributed by atoms with Crippen molar-refractivity contribution in [1.82, 2.24) is 4.90 Å². The highest BCUT2D eigenvalue weighted by Crippen LogP contribution is 2.38. The second-order valence-corrected chi connectivity index (χ2v) is 7.89. The Morgan fingerprint density at radius 2 is 1.66 bits per heavy atom. The Kier molecular flexibility index (Phi) is 4.42. The van der Waals surface area contributed by atoms with Crippen LogP contribution >= 0.6 is 0 Å². The molecule has 0 N–H and O–H groups in total. The van der Waals surface area contributed by atoms with E-state index in [1.165, 1.54) is 0 Å². The summed E-state index contributed by atoms with van der Waals surface area (Å²) in [6.45, 7) is 3.69. The van der Waals surface area contributed by atoms with E-state index in [0.717, 1.165) is 66.3 Å². The lowest BCUT2D eigenvalue weighted by atomic mass is 9.96. The monoisotopic (exact) mass is 391 g/mol. The number of anilines is 2. The fourth-order valence-electron chi connectivity index (χ4n) is 4.81. The lowest BCUT2D eigenvalue weighted by Gasteiger charge is -2.36. The quantitative estimate of drug-likeness (QED) is 0.807. The molecule has 2 aromatic rings. The van der Waals surface area contributed by atoms with E-state index in [-0.39, 0.29) is 11.8 Å². The Morgan fingerprint density at radius 3 is 2.41 bits per heavy atom. The van der Waals surface area contributed by atoms with Gasteiger partial charge >= 0.3 is 0 Å². The normalized spacial score (nSPS) is 18.1. The van der Waals surface area contributed by atoms with Crippen molar-refractivity contribution < 1.29 is 14.3 Å². The molecule has 0 saturated carbocycles. The fourth-order valence-corrected chi connectivity index (χ4v) is 4.81. The Bertz CT molecular complexity index is 979. The Labute approximate surface area is 170 Å². The molecular formula is C23H25N3O3. The van der Waals surface area contributed by atoms with Crippen LogP contribution in [0.15, 0.2) is 36.4 Å². The van der Waals surface area contributed by atoms with Crippen LogP contribution in [0.25, 0.3) is 0 Å². The van der Waals surface area contributed by atoms with Gasteiger partial charge in [0.1, 0.15) is 5.75 Å². The predicted molar refractivity (Wildman–Crippen MR) is 112 cm³/mol. The van der Waals surface area contributed by atoms with Gasteiger partial charge in [0, 0.05) is 44.7 Å². The maximum absolute atomic E-state index is 13.2. The third kappa shape index (κ3) is 3.03. The van der Waals surface area contributed by atoms with Gasteiger partial charge in [-0.25, -0.2) is 0 Å². The number of piperazine rings is 1. The summed E-state index contributed by atoms with van der Waals surface area (Å²) < 4.78 is 5.48. The van der Waals surface area contributed by atoms with Gasteiger partial charge in [0.05, 0.1) is 18.5 Å². The van der Waals surface area contributed by atoms with Gasteiger partial charge < -0.3 is 19.4 Å². The molecule has 2 amide bonds. The molecule has 29 heavy (non-hydrogen) atoms. The van der Waals surface area contributed by atoms with Crippen LogP contribution in [0, 0.1) is 0 Å². The molecule has 0 aliphatic carbocycles. The zero-order valence-corrected chi connectivity index (χ0v) is 16.7. The number of nitrogens with zero attached hydrogens (tertiary/aromatic N) is 3. The first-order valence-electron chi connectivity index (χ1n) is 10.3. The van der Waals surface area contributed by atoms with Crippen LogP contribution in [-0.2, 0) is 17.6 Å². The third-order valence-electron chi connectivity index (χ3n) is 6.29. The number of benzene rings is 2. The number of carbonyl (C=O) groups excluding carboxylic acids is 2. The first kappa shape index (κ1) is 18.0. The van der Waals surface area contributed by atoms with Crippen molar-refractivity contribution in [2.45, 2.75) is 19.3 Å². The van der Waals surface area contributed by atoms with E-state index in [9.17, 15) is 9.59 Å². The van der Waals surface area contributed by atoms with Gasteiger partial charge in [0.15, 0.2) is 0 Å². The van der Waals surface area contributed by atoms with E-state index in [4.69, 9.17) is 4.74 Å². The standard InChI is InChI=1S/C23H25N3O3/c1-29-20-5-3-2-4-19(20)24-10-12-25(13-11-24)23(28)18-14-16-6-7-21(27)26-9-8-17(15-18)22(16)26/h2-5,14-15H,6-13H2,1H3. The number of methoxy groups -OCH3 is 1. The lowest BCUT2D eigenvalue weighted by Crippen LogP contribution is -2.49. The van der Waals surface area contributed by atoms with Crippen LogP contribution in [0.1, 0.15) is 27.9 Å². The Hall–Kier alpha value is -3.02. The van der Waals surface area contributed by atoms with Gasteiger partial charge in [0.2, 0.25) is 5.91 Å². The number of hydrogen-bond donors (Lipinski definition) is 0. The van der Waals surface area contributed by atoms with Gasteiger partial charge in [-0.3, -0.25) is 9.59 Å². The lowest BCUT2D eigenvalue weighted by molar-refractivity contribution is -0.118. The van der Waals surface area contributed by atoms with Gasteiger partial charge in [-0.15, -0.1) is 0 Å². The fraction of sp³-hybridized carbons (Fsp3) is 0.391. The second kappa shape index (κ2) is 7.10. The molecule has 3 heterocycles. The summed E-state index contributed by atoms with van der Waals surface area (Å²) >= 11 is 0. The van der Waals surface area contributed by atoms with Crippen molar-refractivity contribution >= 4 is 23.2 Å². The van der Waals surface area contributed by atoms with E-state index in [1.807, 2.05) is 40.1 Å². The molecule has 150 valence electrons. The minimum atomic E-state index is 0.0964. The van der Waals surface area contributed by atoms with Crippen molar-refractivity contribution in [2.24, 2.45) is 0 Å². The highest BCUT2D eigenvalue weighted by molar-refractivity contribution is 6.01. The Balaban J connectivity index is 1.32. The number of rotatable bonds is 3. The largest absolute Gasteiger partial charge is 0.495 e. The van der Waals surface area contributed by atoms with Crippen molar-refractivity contribution in [1.29, 1.82) is 0 Å². The first-order valence-corrected chi connectivity index (χ1v) is 10.3. The predicted octanol–water partition coefficient (Wildman–Crippen LogP) is 2.49. The minimum Gasteiger partial charge on any atom is -0.495 e. The molecular weight excluding hydrogens is 366 g/mol. The molecule has 1 fully saturated rings. The van der Waals surface area contributed by atoms with E-state index in [1.54, 1.807) is 7.11 Å². The van der Waals surface area contributed by atoms with Crippen LogP contribution in [0.2, 0.25) is 0 Å². The third-order valence-corrected chi connectivity index (χ3v) is 6.29. The van der Waals surface area contributed by atoms with Gasteiger partial charge in [0.25, 0.3) is 5.91 Å². The van der Waals surface area contributed by atoms with E-state index in [2.05, 4.69) is 11.0 Å². The topological polar surface area (TPSA) is 53.1 Å². The van der Waals surface area contributed by atoms with Crippen LogP contribution in [0.5, 0.6) is 5.75 Å². The summed E-state index contributed by atoms with van der Waals surface area (Å²) in [6.07, 6.45) is 2.12. The zero-order chi connectivity index (χ0) is 20.0. The van der Waals surface area contributed by atoms with Crippen LogP contribution < -0.4 is 14.5 Å². The molecule has 3 aliphatic rings. The summed E-state index contributed by atoms with van der Waals surface area (Å²) in [5, 5.41) is 0. The average Bonchev–Trinajstić information content (AvgIpc) is 3.21. The number of amides is 2. The molecule has 2 aromatic carbocycles. The SMILES string of the molecule is COc1ccccc1N1CCN(C(=O)c2cc3c4c(c2)CCN4C(=O)CC3)CC1. The number of carbonyl (C=O) groups is 2. The smallest absolute Gasteiger partial charge is 0.253 e. The molecule has 0 radical (unpaired) electrons. The highest BCUT2D eigenvalue weighted by Gasteiger charge is 2.33. The Morgan fingerprint density at radius 1 is 0.931 bits per heavy atom. The van der Waals surface area contributed by atoms with E-state index < -0.39 is 0 Å². The first-order chi connectivity index (χ1) is 14.2. The van der Waals surface area contributed by atoms with Crippen molar-refractivity contribution in [3.05, 3.63) is 53.1 Å². The van der Waals surface area contributed by atoms with Gasteiger partial charge in [-0.1, -0.05) is 12.1 Å². The molecule has 3 aliphatic heterocycles. The van der Waals surface area contributed by atoms with Gasteiger partial charge in [-0.05, 0) is 48.2 Å². The molecule has 5 rings (SSSR count). The maximum atomic E-state index is 13.2. The van der Waals surface area contributed by atoms with E-state index in [0.29, 0.717) is 19.5 Å². The van der Waals surface area contributed by atoms with Crippen molar-refractivity contribution in [3.8, 4) is 5.75 Å². The number of ether oxygens (including phenoxy) is 1. The summed E-state index contributed by atoms with van der Waals surface area (Å²) in [5.41, 5.74) is 5.20. The molecule has 0 spiro atoms. The summed E-state index contributed by atoms with van der Waals surface area (Å²) in [5.74, 6) is 1.17. The maximum Gasteiger partial charge on any atom is 0.253 e. The van der Waals surface area contributed by atoms with Gasteiger partial charge in [-0.2, -0.15) is 0 Å². The number of para-hydroxylation sites is 2. The molecule has 0 unspecified atom stereocenters. The summed E-state index contributed by atoms with van der Waals surface area (Å²) in [6, 6.07) is 12.0. The molecule has 6 nitrogen and oxygen atoms in total. The second-order valence-electron chi connectivity index (χ2n) is 7.89. The summed E-state index contributed by atoms with van der Waals surface area (Å²) in [4.78, 5) is 31.4. The zero-order valence-electron chi connectivity index (χ0n) is 16.7. The van der Waals surface area contributed by atoms with Crippen molar-refractivity contribution in [3.63, 3.8) is 0 Å².